The van der Waals surface area contributed by atoms with E-state index in [0.717, 1.165) is 71.9 Å². The van der Waals surface area contributed by atoms with E-state index in [0.29, 0.717) is 33.8 Å². The molecule has 1 aromatic heterocycles. The van der Waals surface area contributed by atoms with Gasteiger partial charge in [0.25, 0.3) is 11.8 Å². The number of anilines is 1. The molecule has 244 valence electrons. The molecule has 0 fully saturated rings. The maximum atomic E-state index is 14.6. The summed E-state index contributed by atoms with van der Waals surface area (Å²) in [6, 6.07) is 35.8. The largest absolute Gasteiger partial charge is 0.308 e. The normalized spacial score (nSPS) is 12.4. The van der Waals surface area contributed by atoms with Gasteiger partial charge in [0.1, 0.15) is 0 Å². The van der Waals surface area contributed by atoms with Crippen molar-refractivity contribution in [2.45, 2.75) is 34.6 Å². The second kappa shape index (κ2) is 11.7. The SMILES string of the molecule is [C-]#[N+]c1ccc(-c2ccc3c4ccc(-c5ccc(C#N)cc5C)cc4n(-c4cccc5c4C(=O)N(c4c(C)cc(C)cc4C)C5=O)c3c2)c(C)c1. The van der Waals surface area contributed by atoms with E-state index in [4.69, 9.17) is 6.57 Å². The van der Waals surface area contributed by atoms with Crippen LogP contribution in [0.5, 0.6) is 0 Å². The minimum atomic E-state index is -0.350. The van der Waals surface area contributed by atoms with Gasteiger partial charge in [0, 0.05) is 10.8 Å². The quantitative estimate of drug-likeness (QED) is 0.139. The van der Waals surface area contributed by atoms with E-state index in [1.807, 2.05) is 95.3 Å². The molecule has 6 aromatic carbocycles. The molecule has 0 spiro atoms. The number of benzene rings is 6. The standard InChI is InChI=1S/C45H32N4O2/c1-25-18-28(4)43(29(5)19-25)49-44(50)38-8-7-9-39(42(38)45(49)51)48-40-22-31(34-14-10-30(24-46)20-26(34)2)11-15-36(40)37-16-12-32(23-41(37)48)35-17-13-33(47-6)21-27(35)3/h7-23H,1-5H3. The Balaban J connectivity index is 1.42. The Hall–Kier alpha value is -6.76. The van der Waals surface area contributed by atoms with Crippen molar-refractivity contribution in [1.29, 1.82) is 5.26 Å². The number of aromatic nitrogens is 1. The number of rotatable bonds is 4. The molecule has 0 N–H and O–H groups in total. The highest BCUT2D eigenvalue weighted by Crippen LogP contribution is 2.42. The van der Waals surface area contributed by atoms with E-state index in [-0.39, 0.29) is 11.8 Å². The van der Waals surface area contributed by atoms with Crippen LogP contribution >= 0.6 is 0 Å². The fraction of sp³-hybridized carbons (Fsp3) is 0.111. The molecule has 0 saturated carbocycles. The van der Waals surface area contributed by atoms with Crippen molar-refractivity contribution in [3.63, 3.8) is 0 Å². The third kappa shape index (κ3) is 4.84. The summed E-state index contributed by atoms with van der Waals surface area (Å²) in [7, 11) is 0. The molecule has 0 atom stereocenters. The lowest BCUT2D eigenvalue weighted by Gasteiger charge is -2.20. The first-order chi connectivity index (χ1) is 24.6. The zero-order valence-electron chi connectivity index (χ0n) is 28.9. The second-order valence-electron chi connectivity index (χ2n) is 13.4. The first-order valence-corrected chi connectivity index (χ1v) is 16.8. The van der Waals surface area contributed by atoms with Crippen molar-refractivity contribution in [3.05, 3.63) is 159 Å². The van der Waals surface area contributed by atoms with Crippen LogP contribution in [-0.4, -0.2) is 16.4 Å². The third-order valence-electron chi connectivity index (χ3n) is 10.1. The second-order valence-corrected chi connectivity index (χ2v) is 13.4. The van der Waals surface area contributed by atoms with Crippen molar-refractivity contribution in [3.8, 4) is 34.0 Å². The molecule has 6 heteroatoms. The topological polar surface area (TPSA) is 70.5 Å². The number of amides is 2. The predicted octanol–water partition coefficient (Wildman–Crippen LogP) is 10.9. The molecule has 0 aliphatic carbocycles. The molecule has 7 aromatic rings. The van der Waals surface area contributed by atoms with E-state index in [9.17, 15) is 14.9 Å². The molecule has 8 rings (SSSR count). The van der Waals surface area contributed by atoms with Gasteiger partial charge in [-0.3, -0.25) is 9.59 Å². The molecule has 0 radical (unpaired) electrons. The Morgan fingerprint density at radius 2 is 1.24 bits per heavy atom. The number of carbonyl (C=O) groups excluding carboxylic acids is 2. The van der Waals surface area contributed by atoms with Crippen molar-refractivity contribution >= 4 is 45.0 Å². The number of nitriles is 1. The summed E-state index contributed by atoms with van der Waals surface area (Å²) in [6.07, 6.45) is 0. The predicted molar refractivity (Wildman–Crippen MR) is 204 cm³/mol. The molecule has 51 heavy (non-hydrogen) atoms. The maximum absolute atomic E-state index is 14.6. The number of hydrogen-bond acceptors (Lipinski definition) is 3. The first-order valence-electron chi connectivity index (χ1n) is 16.8. The number of nitrogens with zero attached hydrogens (tertiary/aromatic N) is 4. The van der Waals surface area contributed by atoms with E-state index < -0.39 is 0 Å². The summed E-state index contributed by atoms with van der Waals surface area (Å²) in [5.74, 6) is -0.686. The number of aryl methyl sites for hydroxylation is 5. The van der Waals surface area contributed by atoms with Crippen molar-refractivity contribution < 1.29 is 9.59 Å². The lowest BCUT2D eigenvalue weighted by Crippen LogP contribution is -2.31. The summed E-state index contributed by atoms with van der Waals surface area (Å²) >= 11 is 0. The first kappa shape index (κ1) is 31.5. The summed E-state index contributed by atoms with van der Waals surface area (Å²) in [6.45, 7) is 17.4. The van der Waals surface area contributed by atoms with E-state index >= 15 is 0 Å². The maximum Gasteiger partial charge on any atom is 0.268 e. The Morgan fingerprint density at radius 3 is 1.80 bits per heavy atom. The third-order valence-corrected chi connectivity index (χ3v) is 10.1. The van der Waals surface area contributed by atoms with Gasteiger partial charge in [0.2, 0.25) is 0 Å². The summed E-state index contributed by atoms with van der Waals surface area (Å²) < 4.78 is 2.11. The van der Waals surface area contributed by atoms with E-state index in [1.165, 1.54) is 4.90 Å². The van der Waals surface area contributed by atoms with Crippen LogP contribution in [0.4, 0.5) is 11.4 Å². The van der Waals surface area contributed by atoms with Gasteiger partial charge in [-0.15, -0.1) is 0 Å². The van der Waals surface area contributed by atoms with Crippen LogP contribution in [0.3, 0.4) is 0 Å². The molecule has 0 saturated heterocycles. The van der Waals surface area contributed by atoms with Gasteiger partial charge >= 0.3 is 0 Å². The monoisotopic (exact) mass is 660 g/mol. The van der Waals surface area contributed by atoms with Gasteiger partial charge in [-0.2, -0.15) is 5.26 Å². The highest BCUT2D eigenvalue weighted by Gasteiger charge is 2.40. The van der Waals surface area contributed by atoms with Crippen LogP contribution in [0.1, 0.15) is 54.1 Å². The molecule has 1 aliphatic heterocycles. The zero-order chi connectivity index (χ0) is 35.7. The van der Waals surface area contributed by atoms with Crippen LogP contribution in [0.2, 0.25) is 0 Å². The molecule has 1 aliphatic rings. The lowest BCUT2D eigenvalue weighted by molar-refractivity contribution is 0.0925. The van der Waals surface area contributed by atoms with Crippen LogP contribution < -0.4 is 4.90 Å². The molecule has 0 bridgehead atoms. The molecular weight excluding hydrogens is 629 g/mol. The molecule has 6 nitrogen and oxygen atoms in total. The average molecular weight is 661 g/mol. The van der Waals surface area contributed by atoms with Gasteiger partial charge in [-0.05, 0) is 110 Å². The van der Waals surface area contributed by atoms with Crippen LogP contribution in [0.25, 0.3) is 54.6 Å². The Kier molecular flexibility index (Phi) is 7.22. The van der Waals surface area contributed by atoms with Crippen molar-refractivity contribution in [2.24, 2.45) is 0 Å². The summed E-state index contributed by atoms with van der Waals surface area (Å²) in [5, 5.41) is 11.5. The van der Waals surface area contributed by atoms with Crippen LogP contribution in [0, 0.1) is 52.5 Å². The number of imide groups is 1. The molecule has 2 heterocycles. The smallest absolute Gasteiger partial charge is 0.268 e. The Morgan fingerprint density at radius 1 is 0.627 bits per heavy atom. The molecule has 2 amide bonds. The molecular formula is C45H32N4O2. The zero-order valence-corrected chi connectivity index (χ0v) is 28.9. The lowest BCUT2D eigenvalue weighted by atomic mass is 9.97. The minimum Gasteiger partial charge on any atom is -0.308 e. The van der Waals surface area contributed by atoms with Crippen molar-refractivity contribution in [2.75, 3.05) is 4.90 Å². The van der Waals surface area contributed by atoms with Crippen LogP contribution in [0.15, 0.2) is 103 Å². The molecule has 0 unspecified atom stereocenters. The number of fused-ring (bicyclic) bond motifs is 4. The fourth-order valence-electron chi connectivity index (χ4n) is 7.89. The van der Waals surface area contributed by atoms with Crippen LogP contribution in [-0.2, 0) is 0 Å². The number of hydrogen-bond donors (Lipinski definition) is 0. The van der Waals surface area contributed by atoms with E-state index in [1.54, 1.807) is 6.07 Å². The van der Waals surface area contributed by atoms with Gasteiger partial charge in [0.15, 0.2) is 5.69 Å². The van der Waals surface area contributed by atoms with Gasteiger partial charge in [-0.25, -0.2) is 9.74 Å². The van der Waals surface area contributed by atoms with Crippen molar-refractivity contribution in [1.82, 2.24) is 4.57 Å². The Labute approximate surface area is 296 Å². The summed E-state index contributed by atoms with van der Waals surface area (Å²) in [5.41, 5.74) is 13.7. The highest BCUT2D eigenvalue weighted by atomic mass is 16.2. The van der Waals surface area contributed by atoms with Gasteiger partial charge in [0.05, 0.1) is 51.7 Å². The fourth-order valence-corrected chi connectivity index (χ4v) is 7.89. The summed E-state index contributed by atoms with van der Waals surface area (Å²) in [4.78, 5) is 33.7. The number of carbonyl (C=O) groups is 2. The minimum absolute atomic E-state index is 0.335. The van der Waals surface area contributed by atoms with E-state index in [2.05, 4.69) is 51.9 Å². The Bertz CT molecular complexity index is 2630. The van der Waals surface area contributed by atoms with Gasteiger partial charge in [-0.1, -0.05) is 77.9 Å². The average Bonchev–Trinajstić information content (AvgIpc) is 3.57. The highest BCUT2D eigenvalue weighted by molar-refractivity contribution is 6.36. The van der Waals surface area contributed by atoms with Gasteiger partial charge < -0.3 is 4.57 Å².